The molecule has 4 fully saturated rings. The second kappa shape index (κ2) is 21.1. The SMILES string of the molecule is C1CCC([PH+](C2CCCCC2)C2CCCCC2)CC1.Cc1cc(C)c(N2[CH-]N(c3c(C)cc(C)cc3C)C(C)C2C)c(C)c1.[Cl][Ru]([Cl])=[CH]c1cccs1. The number of halogens is 2. The first-order chi connectivity index (χ1) is 25.4. The Morgan fingerprint density at radius 2 is 0.981 bits per heavy atom. The van der Waals surface area contributed by atoms with Gasteiger partial charge in [-0.15, -0.1) is 0 Å². The molecule has 1 saturated heterocycles. The van der Waals surface area contributed by atoms with Crippen LogP contribution in [0.15, 0.2) is 41.8 Å². The van der Waals surface area contributed by atoms with E-state index in [0.717, 1.165) is 0 Å². The fourth-order valence-corrected chi connectivity index (χ4v) is 18.9. The van der Waals surface area contributed by atoms with Gasteiger partial charge in [-0.2, -0.15) is 6.67 Å². The van der Waals surface area contributed by atoms with Gasteiger partial charge in [0.25, 0.3) is 0 Å². The van der Waals surface area contributed by atoms with E-state index in [1.165, 1.54) is 66.6 Å². The Bertz CT molecular complexity index is 1450. The van der Waals surface area contributed by atoms with Gasteiger partial charge in [-0.1, -0.05) is 54.7 Å². The van der Waals surface area contributed by atoms with Crippen LogP contribution in [0.25, 0.3) is 0 Å². The predicted octanol–water partition coefficient (Wildman–Crippen LogP) is 14.8. The molecular weight excluding hydrogens is 816 g/mol. The summed E-state index contributed by atoms with van der Waals surface area (Å²) in [5.41, 5.74) is 14.5. The topological polar surface area (TPSA) is 6.48 Å². The molecule has 2 aromatic carbocycles. The van der Waals surface area contributed by atoms with Crippen molar-refractivity contribution in [3.8, 4) is 0 Å². The van der Waals surface area contributed by atoms with Crippen molar-refractivity contribution in [1.82, 2.24) is 0 Å². The molecule has 1 aromatic heterocycles. The molecule has 2 atom stereocenters. The molecule has 3 aliphatic carbocycles. The van der Waals surface area contributed by atoms with Crippen molar-refractivity contribution in [2.24, 2.45) is 0 Å². The Morgan fingerprint density at radius 3 is 1.28 bits per heavy atom. The first kappa shape index (κ1) is 43.4. The molecule has 2 nitrogen and oxygen atoms in total. The van der Waals surface area contributed by atoms with Gasteiger partial charge >= 0.3 is 71.2 Å². The minimum atomic E-state index is -1.57. The summed E-state index contributed by atoms with van der Waals surface area (Å²) in [6, 6.07) is 14.0. The van der Waals surface area contributed by atoms with Crippen LogP contribution in [0.2, 0.25) is 0 Å². The zero-order valence-electron chi connectivity index (χ0n) is 34.1. The number of aryl methyl sites for hydroxylation is 6. The molecule has 2 heterocycles. The quantitative estimate of drug-likeness (QED) is 0.138. The van der Waals surface area contributed by atoms with Crippen LogP contribution in [0.5, 0.6) is 0 Å². The molecule has 0 amide bonds. The van der Waals surface area contributed by atoms with Crippen LogP contribution in [-0.2, 0) is 13.5 Å². The predicted molar refractivity (Wildman–Crippen MR) is 240 cm³/mol. The van der Waals surface area contributed by atoms with Crippen LogP contribution in [0.1, 0.15) is 148 Å². The molecule has 7 rings (SSSR count). The van der Waals surface area contributed by atoms with Crippen LogP contribution in [0.4, 0.5) is 11.4 Å². The fraction of sp³-hybridized carbons (Fsp3) is 0.609. The van der Waals surface area contributed by atoms with E-state index in [1.807, 2.05) is 22.1 Å². The number of nitrogens with zero attached hydrogens (tertiary/aromatic N) is 2. The van der Waals surface area contributed by atoms with Crippen molar-refractivity contribution in [3.63, 3.8) is 0 Å². The number of thiophene rings is 1. The van der Waals surface area contributed by atoms with E-state index in [0.29, 0.717) is 12.1 Å². The standard InChI is InChI=1S/C23H31N2.C18H33P.C5H4S.2ClH.Ru/c1-14-9-16(3)22(17(4)10-14)24-13-25(21(8)20(24)7)23-18(5)11-15(2)12-19(23)6;1-4-10-16(11-5-1)19(17-12-6-2-7-13-17)18-14-8-3-9-15-18;1-5-3-2-4-6-5;;;/h9-13,20-21H,1-8H3;16-18H,1-15H2;1-4H;2*1H;/q-1;;;;;+2/p-1. The first-order valence-electron chi connectivity index (χ1n) is 20.7. The number of benzene rings is 2. The van der Waals surface area contributed by atoms with Gasteiger partial charge in [0.2, 0.25) is 0 Å². The molecular formula is C46H69Cl2N2PRuS. The Morgan fingerprint density at radius 1 is 0.623 bits per heavy atom. The third kappa shape index (κ3) is 11.9. The van der Waals surface area contributed by atoms with Crippen molar-refractivity contribution in [2.45, 2.75) is 181 Å². The molecule has 3 aromatic rings. The molecule has 4 aliphatic rings. The van der Waals surface area contributed by atoms with Gasteiger partial charge in [0.1, 0.15) is 0 Å². The van der Waals surface area contributed by atoms with Crippen molar-refractivity contribution >= 4 is 54.6 Å². The van der Waals surface area contributed by atoms with Gasteiger partial charge in [-0.05, 0) is 155 Å². The maximum atomic E-state index is 5.63. The van der Waals surface area contributed by atoms with Gasteiger partial charge < -0.3 is 9.80 Å². The molecule has 7 heteroatoms. The summed E-state index contributed by atoms with van der Waals surface area (Å²) < 4.78 is 1.94. The summed E-state index contributed by atoms with van der Waals surface area (Å²) >= 11 is 0.0926. The molecule has 2 unspecified atom stereocenters. The van der Waals surface area contributed by atoms with E-state index in [9.17, 15) is 0 Å². The Kier molecular flexibility index (Phi) is 17.3. The second-order valence-electron chi connectivity index (χ2n) is 16.7. The van der Waals surface area contributed by atoms with E-state index >= 15 is 0 Å². The van der Waals surface area contributed by atoms with E-state index < -0.39 is 13.5 Å². The zero-order chi connectivity index (χ0) is 38.1. The number of hydrogen-bond donors (Lipinski definition) is 0. The third-order valence-corrected chi connectivity index (χ3v) is 20.1. The van der Waals surface area contributed by atoms with E-state index in [-0.39, 0.29) is 7.92 Å². The van der Waals surface area contributed by atoms with Crippen molar-refractivity contribution in [2.75, 3.05) is 9.80 Å². The Balaban J connectivity index is 0.000000170. The Labute approximate surface area is 343 Å². The van der Waals surface area contributed by atoms with Gasteiger partial charge in [0.05, 0.1) is 17.0 Å². The normalized spacial score (nSPS) is 21.9. The molecule has 0 N–H and O–H groups in total. The van der Waals surface area contributed by atoms with Gasteiger partial charge in [-0.3, -0.25) is 0 Å². The van der Waals surface area contributed by atoms with Crippen molar-refractivity contribution in [3.05, 3.63) is 86.7 Å². The fourth-order valence-electron chi connectivity index (χ4n) is 10.2. The van der Waals surface area contributed by atoms with E-state index in [4.69, 9.17) is 19.4 Å². The molecule has 3 saturated carbocycles. The summed E-state index contributed by atoms with van der Waals surface area (Å²) in [6.45, 7) is 20.3. The number of rotatable bonds is 6. The average Bonchev–Trinajstić information content (AvgIpc) is 3.73. The van der Waals surface area contributed by atoms with Crippen LogP contribution in [0, 0.1) is 48.2 Å². The van der Waals surface area contributed by atoms with Crippen LogP contribution >= 0.6 is 38.6 Å². The summed E-state index contributed by atoms with van der Waals surface area (Å²) in [5, 5.41) is 2.01. The monoisotopic (exact) mass is 884 g/mol. The minimum absolute atomic E-state index is 0.0465. The van der Waals surface area contributed by atoms with Crippen molar-refractivity contribution < 1.29 is 13.5 Å². The summed E-state index contributed by atoms with van der Waals surface area (Å²) in [4.78, 5) is 6.11. The van der Waals surface area contributed by atoms with Crippen LogP contribution in [0.3, 0.4) is 0 Å². The summed E-state index contributed by atoms with van der Waals surface area (Å²) in [7, 11) is 11.2. The molecule has 53 heavy (non-hydrogen) atoms. The number of anilines is 2. The van der Waals surface area contributed by atoms with Gasteiger partial charge in [-0.25, -0.2) is 0 Å². The average molecular weight is 885 g/mol. The van der Waals surface area contributed by atoms with Crippen LogP contribution < -0.4 is 9.80 Å². The molecule has 1 aliphatic heterocycles. The Hall–Kier alpha value is -0.757. The van der Waals surface area contributed by atoms with E-state index in [2.05, 4.69) is 96.1 Å². The van der Waals surface area contributed by atoms with Crippen LogP contribution in [-0.4, -0.2) is 33.7 Å². The third-order valence-electron chi connectivity index (χ3n) is 12.6. The molecule has 0 radical (unpaired) electrons. The summed E-state index contributed by atoms with van der Waals surface area (Å²) in [6.07, 6.45) is 23.8. The molecule has 296 valence electrons. The van der Waals surface area contributed by atoms with E-state index in [1.54, 1.807) is 108 Å². The maximum absolute atomic E-state index is 5.63. The van der Waals surface area contributed by atoms with Crippen molar-refractivity contribution in [1.29, 1.82) is 0 Å². The number of hydrogen-bond acceptors (Lipinski definition) is 3. The summed E-state index contributed by atoms with van der Waals surface area (Å²) in [5.74, 6) is 0. The second-order valence-corrected chi connectivity index (χ2v) is 26.9. The molecule has 0 spiro atoms. The van der Waals surface area contributed by atoms with Gasteiger partial charge in [0.15, 0.2) is 0 Å². The zero-order valence-corrected chi connectivity index (χ0v) is 39.2. The first-order valence-corrected chi connectivity index (χ1v) is 28.8. The van der Waals surface area contributed by atoms with Gasteiger partial charge in [0, 0.05) is 31.4 Å². The molecule has 0 bridgehead atoms.